The molecule has 2 N–H and O–H groups in total. The molecule has 2 aromatic carbocycles. The van der Waals surface area contributed by atoms with Gasteiger partial charge in [0.2, 0.25) is 0 Å². The molecule has 1 amide bonds. The Morgan fingerprint density at radius 2 is 1.90 bits per heavy atom. The van der Waals surface area contributed by atoms with Crippen molar-refractivity contribution in [3.8, 4) is 11.3 Å². The van der Waals surface area contributed by atoms with Crippen molar-refractivity contribution < 1.29 is 13.9 Å². The van der Waals surface area contributed by atoms with E-state index in [1.165, 1.54) is 11.1 Å². The van der Waals surface area contributed by atoms with Crippen LogP contribution in [0.2, 0.25) is 5.02 Å². The minimum Gasteiger partial charge on any atom is -0.460 e. The Morgan fingerprint density at radius 1 is 1.13 bits per heavy atom. The van der Waals surface area contributed by atoms with Gasteiger partial charge in [0.05, 0.1) is 23.7 Å². The van der Waals surface area contributed by atoms with Gasteiger partial charge in [-0.25, -0.2) is 0 Å². The molecule has 30 heavy (non-hydrogen) atoms. The van der Waals surface area contributed by atoms with Gasteiger partial charge in [0, 0.05) is 25.3 Å². The molecule has 158 valence electrons. The van der Waals surface area contributed by atoms with Crippen molar-refractivity contribution >= 4 is 17.5 Å². The number of ether oxygens (including phenoxy) is 1. The summed E-state index contributed by atoms with van der Waals surface area (Å²) in [7, 11) is 1.59. The molecule has 0 saturated heterocycles. The van der Waals surface area contributed by atoms with Gasteiger partial charge in [0.1, 0.15) is 11.5 Å². The number of halogens is 1. The lowest BCUT2D eigenvalue weighted by atomic mass is 10.1. The third-order valence-corrected chi connectivity index (χ3v) is 5.24. The molecule has 0 fully saturated rings. The maximum absolute atomic E-state index is 12.4. The number of aryl methyl sites for hydroxylation is 1. The first-order chi connectivity index (χ1) is 14.5. The van der Waals surface area contributed by atoms with Crippen LogP contribution in [0.25, 0.3) is 11.3 Å². The molecular weight excluding hydrogens is 400 g/mol. The fourth-order valence-electron chi connectivity index (χ4n) is 3.07. The average Bonchev–Trinajstić information content (AvgIpc) is 3.22. The molecule has 6 heteroatoms. The van der Waals surface area contributed by atoms with Crippen molar-refractivity contribution in [2.75, 3.05) is 20.3 Å². The summed E-state index contributed by atoms with van der Waals surface area (Å²) >= 11 is 6.22. The second-order valence-electron chi connectivity index (χ2n) is 7.22. The summed E-state index contributed by atoms with van der Waals surface area (Å²) < 4.78 is 10.9. The van der Waals surface area contributed by atoms with Crippen molar-refractivity contribution in [2.45, 2.75) is 26.4 Å². The molecule has 5 nitrogen and oxygen atoms in total. The predicted octanol–water partition coefficient (Wildman–Crippen LogP) is 5.14. The summed E-state index contributed by atoms with van der Waals surface area (Å²) in [6, 6.07) is 17.8. The Bertz CT molecular complexity index is 982. The van der Waals surface area contributed by atoms with Gasteiger partial charge in [-0.3, -0.25) is 4.79 Å². The molecule has 0 aliphatic carbocycles. The quantitative estimate of drug-likeness (QED) is 0.465. The molecule has 3 rings (SSSR count). The van der Waals surface area contributed by atoms with Gasteiger partial charge < -0.3 is 19.8 Å². The maximum Gasteiger partial charge on any atom is 0.252 e. The predicted molar refractivity (Wildman–Crippen MR) is 120 cm³/mol. The number of carbonyl (C=O) groups is 1. The number of rotatable bonds is 9. The summed E-state index contributed by atoms with van der Waals surface area (Å²) in [6.45, 7) is 5.68. The van der Waals surface area contributed by atoms with Crippen molar-refractivity contribution in [1.29, 1.82) is 0 Å². The Hall–Kier alpha value is -2.60. The van der Waals surface area contributed by atoms with E-state index in [9.17, 15) is 4.79 Å². The molecule has 0 radical (unpaired) electrons. The normalized spacial score (nSPS) is 12.0. The van der Waals surface area contributed by atoms with E-state index >= 15 is 0 Å². The molecule has 1 aromatic heterocycles. The zero-order valence-corrected chi connectivity index (χ0v) is 18.3. The monoisotopic (exact) mass is 426 g/mol. The number of hydrogen-bond donors (Lipinski definition) is 2. The van der Waals surface area contributed by atoms with Crippen LogP contribution in [0.1, 0.15) is 40.2 Å². The van der Waals surface area contributed by atoms with Crippen LogP contribution in [0.5, 0.6) is 0 Å². The smallest absolute Gasteiger partial charge is 0.252 e. The first-order valence-electron chi connectivity index (χ1n) is 9.93. The molecule has 0 bridgehead atoms. The fourth-order valence-corrected chi connectivity index (χ4v) is 3.27. The lowest BCUT2D eigenvalue weighted by Crippen LogP contribution is -2.27. The summed E-state index contributed by atoms with van der Waals surface area (Å²) in [5.41, 5.74) is 3.69. The van der Waals surface area contributed by atoms with Crippen LogP contribution in [0, 0.1) is 6.92 Å². The van der Waals surface area contributed by atoms with Crippen LogP contribution in [0.3, 0.4) is 0 Å². The van der Waals surface area contributed by atoms with E-state index < -0.39 is 0 Å². The third kappa shape index (κ3) is 5.72. The summed E-state index contributed by atoms with van der Waals surface area (Å²) in [5, 5.41) is 6.66. The highest BCUT2D eigenvalue weighted by atomic mass is 35.5. The lowest BCUT2D eigenvalue weighted by Gasteiger charge is -2.13. The summed E-state index contributed by atoms with van der Waals surface area (Å²) in [6.07, 6.45) is 0. The van der Waals surface area contributed by atoms with Crippen LogP contribution >= 0.6 is 11.6 Å². The summed E-state index contributed by atoms with van der Waals surface area (Å²) in [4.78, 5) is 12.4. The molecule has 3 aromatic rings. The van der Waals surface area contributed by atoms with Crippen molar-refractivity contribution in [3.63, 3.8) is 0 Å². The molecular formula is C24H27ClN2O3. The Labute approximate surface area is 182 Å². The topological polar surface area (TPSA) is 63.5 Å². The molecule has 1 atom stereocenters. The third-order valence-electron chi connectivity index (χ3n) is 4.91. The highest BCUT2D eigenvalue weighted by molar-refractivity contribution is 6.34. The van der Waals surface area contributed by atoms with E-state index in [1.807, 2.05) is 18.2 Å². The van der Waals surface area contributed by atoms with Gasteiger partial charge in [-0.1, -0.05) is 41.4 Å². The van der Waals surface area contributed by atoms with Gasteiger partial charge in [-0.15, -0.1) is 0 Å². The minimum atomic E-state index is -0.237. The van der Waals surface area contributed by atoms with E-state index in [2.05, 4.69) is 48.7 Å². The van der Waals surface area contributed by atoms with Crippen molar-refractivity contribution in [3.05, 3.63) is 82.1 Å². The number of hydrogen-bond acceptors (Lipinski definition) is 4. The van der Waals surface area contributed by atoms with E-state index in [0.29, 0.717) is 36.0 Å². The fraction of sp³-hybridized carbons (Fsp3) is 0.292. The number of furan rings is 1. The molecule has 1 unspecified atom stereocenters. The average molecular weight is 427 g/mol. The van der Waals surface area contributed by atoms with Gasteiger partial charge in [-0.2, -0.15) is 0 Å². The highest BCUT2D eigenvalue weighted by Gasteiger charge is 2.14. The molecule has 0 aliphatic heterocycles. The Balaban J connectivity index is 1.66. The van der Waals surface area contributed by atoms with E-state index in [-0.39, 0.29) is 11.9 Å². The number of amides is 1. The Morgan fingerprint density at radius 3 is 2.63 bits per heavy atom. The second kappa shape index (κ2) is 10.4. The maximum atomic E-state index is 12.4. The number of methoxy groups -OCH3 is 1. The van der Waals surface area contributed by atoms with Crippen LogP contribution in [-0.2, 0) is 11.3 Å². The molecule has 0 spiro atoms. The van der Waals surface area contributed by atoms with Gasteiger partial charge in [0.25, 0.3) is 5.91 Å². The summed E-state index contributed by atoms with van der Waals surface area (Å²) in [5.74, 6) is 1.28. The van der Waals surface area contributed by atoms with Crippen LogP contribution in [-0.4, -0.2) is 26.2 Å². The van der Waals surface area contributed by atoms with Gasteiger partial charge in [0.15, 0.2) is 0 Å². The van der Waals surface area contributed by atoms with E-state index in [4.69, 9.17) is 20.8 Å². The number of carbonyl (C=O) groups excluding carboxylic acids is 1. The number of benzene rings is 2. The zero-order chi connectivity index (χ0) is 21.5. The second-order valence-corrected chi connectivity index (χ2v) is 7.63. The molecule has 1 heterocycles. The molecule has 0 saturated carbocycles. The van der Waals surface area contributed by atoms with E-state index in [1.54, 1.807) is 19.2 Å². The van der Waals surface area contributed by atoms with Gasteiger partial charge >= 0.3 is 0 Å². The highest BCUT2D eigenvalue weighted by Crippen LogP contribution is 2.27. The van der Waals surface area contributed by atoms with Crippen LogP contribution in [0.4, 0.5) is 0 Å². The SMILES string of the molecule is COCCNC(=O)c1cc(-c2ccc(CNC(C)c3ccc(C)cc3)o2)ccc1Cl. The number of nitrogens with one attached hydrogen (secondary N) is 2. The largest absolute Gasteiger partial charge is 0.460 e. The standard InChI is InChI=1S/C24H27ClN2O3/c1-16-4-6-18(7-5-16)17(2)27-15-20-9-11-23(30-20)19-8-10-22(25)21(14-19)24(28)26-12-13-29-3/h4-11,14,17,27H,12-13,15H2,1-3H3,(H,26,28). The minimum absolute atomic E-state index is 0.206. The van der Waals surface area contributed by atoms with Crippen molar-refractivity contribution in [2.24, 2.45) is 0 Å². The van der Waals surface area contributed by atoms with Crippen molar-refractivity contribution in [1.82, 2.24) is 10.6 Å². The van der Waals surface area contributed by atoms with Gasteiger partial charge in [-0.05, 0) is 49.7 Å². The first kappa shape index (κ1) is 22.1. The van der Waals surface area contributed by atoms with Crippen LogP contribution < -0.4 is 10.6 Å². The van der Waals surface area contributed by atoms with Crippen LogP contribution in [0.15, 0.2) is 59.0 Å². The van der Waals surface area contributed by atoms with E-state index in [0.717, 1.165) is 11.3 Å². The first-order valence-corrected chi connectivity index (χ1v) is 10.3. The molecule has 0 aliphatic rings. The Kier molecular flexibility index (Phi) is 7.69. The lowest BCUT2D eigenvalue weighted by molar-refractivity contribution is 0.0937. The zero-order valence-electron chi connectivity index (χ0n) is 17.5.